The SMILES string of the molecule is CCC[C@H](C)N1CC2(CCN(C(=O)c3cnc(N(C)C)nc3C)CC2)OC1=O. The number of aromatic nitrogens is 2. The van der Waals surface area contributed by atoms with Crippen LogP contribution in [0.15, 0.2) is 6.20 Å². The van der Waals surface area contributed by atoms with Crippen LogP contribution in [0, 0.1) is 6.92 Å². The summed E-state index contributed by atoms with van der Waals surface area (Å²) in [6, 6.07) is 0.187. The van der Waals surface area contributed by atoms with Gasteiger partial charge in [-0.15, -0.1) is 0 Å². The van der Waals surface area contributed by atoms with E-state index in [0.29, 0.717) is 49.7 Å². The first-order valence-corrected chi connectivity index (χ1v) is 10.1. The van der Waals surface area contributed by atoms with Crippen molar-refractivity contribution in [1.82, 2.24) is 19.8 Å². The van der Waals surface area contributed by atoms with Gasteiger partial charge in [0.2, 0.25) is 5.95 Å². The molecular formula is C20H31N5O3. The van der Waals surface area contributed by atoms with Crippen LogP contribution in [-0.4, -0.2) is 77.1 Å². The number of carbonyl (C=O) groups is 2. The Hall–Kier alpha value is -2.38. The lowest BCUT2D eigenvalue weighted by Crippen LogP contribution is -2.49. The molecule has 2 saturated heterocycles. The van der Waals surface area contributed by atoms with Crippen LogP contribution in [0.25, 0.3) is 0 Å². The Morgan fingerprint density at radius 1 is 1.36 bits per heavy atom. The highest BCUT2D eigenvalue weighted by atomic mass is 16.6. The Morgan fingerprint density at radius 3 is 2.61 bits per heavy atom. The monoisotopic (exact) mass is 389 g/mol. The van der Waals surface area contributed by atoms with Crippen molar-refractivity contribution in [3.05, 3.63) is 17.5 Å². The number of amides is 2. The number of hydrogen-bond acceptors (Lipinski definition) is 6. The number of carbonyl (C=O) groups excluding carboxylic acids is 2. The molecule has 2 fully saturated rings. The van der Waals surface area contributed by atoms with Gasteiger partial charge in [0, 0.05) is 52.3 Å². The van der Waals surface area contributed by atoms with Crippen LogP contribution in [0.3, 0.4) is 0 Å². The van der Waals surface area contributed by atoms with Crippen molar-refractivity contribution in [3.8, 4) is 0 Å². The molecule has 8 nitrogen and oxygen atoms in total. The molecule has 2 aliphatic rings. The number of nitrogens with zero attached hydrogens (tertiary/aromatic N) is 5. The summed E-state index contributed by atoms with van der Waals surface area (Å²) < 4.78 is 5.79. The van der Waals surface area contributed by atoms with Gasteiger partial charge in [-0.1, -0.05) is 13.3 Å². The molecule has 2 amide bonds. The third kappa shape index (κ3) is 3.91. The van der Waals surface area contributed by atoms with E-state index in [1.165, 1.54) is 0 Å². The van der Waals surface area contributed by atoms with E-state index in [0.717, 1.165) is 12.8 Å². The zero-order valence-electron chi connectivity index (χ0n) is 17.6. The van der Waals surface area contributed by atoms with Gasteiger partial charge < -0.3 is 19.4 Å². The predicted octanol–water partition coefficient (Wildman–Crippen LogP) is 2.47. The Kier molecular flexibility index (Phi) is 5.76. The summed E-state index contributed by atoms with van der Waals surface area (Å²) in [5.74, 6) is 0.531. The van der Waals surface area contributed by atoms with E-state index in [9.17, 15) is 9.59 Å². The van der Waals surface area contributed by atoms with Gasteiger partial charge in [0.05, 0.1) is 17.8 Å². The third-order valence-electron chi connectivity index (χ3n) is 5.79. The maximum atomic E-state index is 12.9. The standard InChI is InChI=1S/C20H31N5O3/c1-6-7-14(2)25-13-20(28-19(25)27)8-10-24(11-9-20)17(26)16-12-21-18(23(4)5)22-15(16)3/h12,14H,6-11,13H2,1-5H3/t14-/m0/s1. The van der Waals surface area contributed by atoms with Crippen LogP contribution in [-0.2, 0) is 4.74 Å². The van der Waals surface area contributed by atoms with Crippen molar-refractivity contribution in [1.29, 1.82) is 0 Å². The lowest BCUT2D eigenvalue weighted by molar-refractivity contribution is 0.00303. The molecule has 1 spiro atoms. The molecule has 154 valence electrons. The summed E-state index contributed by atoms with van der Waals surface area (Å²) in [6.07, 6.45) is 4.72. The quantitative estimate of drug-likeness (QED) is 0.770. The number of anilines is 1. The summed E-state index contributed by atoms with van der Waals surface area (Å²) in [6.45, 7) is 7.78. The van der Waals surface area contributed by atoms with E-state index in [1.807, 2.05) is 35.7 Å². The first-order chi connectivity index (χ1) is 13.3. The van der Waals surface area contributed by atoms with E-state index < -0.39 is 5.60 Å². The third-order valence-corrected chi connectivity index (χ3v) is 5.79. The van der Waals surface area contributed by atoms with Crippen LogP contribution in [0.2, 0.25) is 0 Å². The molecule has 3 heterocycles. The fourth-order valence-electron chi connectivity index (χ4n) is 3.99. The van der Waals surface area contributed by atoms with E-state index >= 15 is 0 Å². The van der Waals surface area contributed by atoms with Crippen LogP contribution in [0.5, 0.6) is 0 Å². The molecule has 1 aromatic rings. The molecule has 3 rings (SSSR count). The average Bonchev–Trinajstić information content (AvgIpc) is 2.98. The van der Waals surface area contributed by atoms with Crippen molar-refractivity contribution < 1.29 is 14.3 Å². The zero-order chi connectivity index (χ0) is 20.5. The minimum atomic E-state index is -0.462. The van der Waals surface area contributed by atoms with Crippen molar-refractivity contribution in [2.45, 2.75) is 58.1 Å². The fraction of sp³-hybridized carbons (Fsp3) is 0.700. The van der Waals surface area contributed by atoms with E-state index in [-0.39, 0.29) is 18.0 Å². The molecule has 1 aromatic heterocycles. The number of aryl methyl sites for hydroxylation is 1. The lowest BCUT2D eigenvalue weighted by atomic mass is 9.90. The van der Waals surface area contributed by atoms with Gasteiger partial charge >= 0.3 is 6.09 Å². The zero-order valence-corrected chi connectivity index (χ0v) is 17.6. The molecule has 0 unspecified atom stereocenters. The Morgan fingerprint density at radius 2 is 2.04 bits per heavy atom. The summed E-state index contributed by atoms with van der Waals surface area (Å²) in [5.41, 5.74) is 0.745. The number of rotatable bonds is 5. The lowest BCUT2D eigenvalue weighted by Gasteiger charge is -2.37. The van der Waals surface area contributed by atoms with Crippen molar-refractivity contribution >= 4 is 17.9 Å². The highest BCUT2D eigenvalue weighted by Gasteiger charge is 2.48. The van der Waals surface area contributed by atoms with Gasteiger partial charge in [-0.25, -0.2) is 14.8 Å². The molecular weight excluding hydrogens is 358 g/mol. The fourth-order valence-corrected chi connectivity index (χ4v) is 3.99. The number of hydrogen-bond donors (Lipinski definition) is 0. The molecule has 0 aromatic carbocycles. The molecule has 1 atom stereocenters. The van der Waals surface area contributed by atoms with E-state index in [1.54, 1.807) is 6.20 Å². The summed E-state index contributed by atoms with van der Waals surface area (Å²) in [4.78, 5) is 39.4. The van der Waals surface area contributed by atoms with Crippen LogP contribution >= 0.6 is 0 Å². The molecule has 0 saturated carbocycles. The van der Waals surface area contributed by atoms with E-state index in [2.05, 4.69) is 23.8 Å². The first-order valence-electron chi connectivity index (χ1n) is 10.1. The van der Waals surface area contributed by atoms with Crippen LogP contribution in [0.1, 0.15) is 55.6 Å². The van der Waals surface area contributed by atoms with Gasteiger partial charge in [-0.2, -0.15) is 0 Å². The van der Waals surface area contributed by atoms with Gasteiger partial charge in [0.1, 0.15) is 5.60 Å². The topological polar surface area (TPSA) is 78.9 Å². The molecule has 28 heavy (non-hydrogen) atoms. The minimum Gasteiger partial charge on any atom is -0.441 e. The van der Waals surface area contributed by atoms with Crippen LogP contribution in [0.4, 0.5) is 10.7 Å². The Bertz CT molecular complexity index is 743. The Balaban J connectivity index is 1.64. The molecule has 0 bridgehead atoms. The average molecular weight is 390 g/mol. The van der Waals surface area contributed by atoms with Crippen molar-refractivity contribution in [2.24, 2.45) is 0 Å². The Labute approximate surface area is 166 Å². The summed E-state index contributed by atoms with van der Waals surface area (Å²) >= 11 is 0. The van der Waals surface area contributed by atoms with Gasteiger partial charge in [-0.05, 0) is 20.3 Å². The second-order valence-electron chi connectivity index (χ2n) is 8.17. The predicted molar refractivity (Wildman–Crippen MR) is 107 cm³/mol. The summed E-state index contributed by atoms with van der Waals surface area (Å²) in [5, 5.41) is 0. The number of ether oxygens (including phenoxy) is 1. The highest BCUT2D eigenvalue weighted by Crippen LogP contribution is 2.35. The maximum Gasteiger partial charge on any atom is 0.410 e. The molecule has 8 heteroatoms. The second kappa shape index (κ2) is 7.93. The van der Waals surface area contributed by atoms with Gasteiger partial charge in [0.15, 0.2) is 0 Å². The second-order valence-corrected chi connectivity index (χ2v) is 8.17. The first kappa shape index (κ1) is 20.4. The van der Waals surface area contributed by atoms with Gasteiger partial charge in [-0.3, -0.25) is 4.79 Å². The molecule has 2 aliphatic heterocycles. The smallest absolute Gasteiger partial charge is 0.410 e. The maximum absolute atomic E-state index is 12.9. The molecule has 0 aliphatic carbocycles. The normalized spacial score (nSPS) is 19.7. The summed E-state index contributed by atoms with van der Waals surface area (Å²) in [7, 11) is 3.74. The van der Waals surface area contributed by atoms with Crippen molar-refractivity contribution in [2.75, 3.05) is 38.6 Å². The minimum absolute atomic E-state index is 0.0572. The van der Waals surface area contributed by atoms with E-state index in [4.69, 9.17) is 4.74 Å². The number of likely N-dealkylation sites (tertiary alicyclic amines) is 1. The number of piperidine rings is 1. The van der Waals surface area contributed by atoms with Gasteiger partial charge in [0.25, 0.3) is 5.91 Å². The molecule has 0 radical (unpaired) electrons. The largest absolute Gasteiger partial charge is 0.441 e. The molecule has 0 N–H and O–H groups in total. The van der Waals surface area contributed by atoms with Crippen LogP contribution < -0.4 is 4.90 Å². The highest BCUT2D eigenvalue weighted by molar-refractivity contribution is 5.95. The van der Waals surface area contributed by atoms with Crippen molar-refractivity contribution in [3.63, 3.8) is 0 Å².